The zero-order chi connectivity index (χ0) is 19.5. The first-order chi connectivity index (χ1) is 13.6. The van der Waals surface area contributed by atoms with Crippen molar-refractivity contribution in [3.8, 4) is 0 Å². The first kappa shape index (κ1) is 18.1. The molecule has 2 heterocycles. The Morgan fingerprint density at radius 2 is 1.93 bits per heavy atom. The van der Waals surface area contributed by atoms with Gasteiger partial charge in [-0.15, -0.1) is 0 Å². The van der Waals surface area contributed by atoms with Gasteiger partial charge in [0, 0.05) is 31.1 Å². The van der Waals surface area contributed by atoms with Gasteiger partial charge in [0.1, 0.15) is 5.82 Å². The quantitative estimate of drug-likeness (QED) is 0.744. The third-order valence-electron chi connectivity index (χ3n) is 5.01. The fourth-order valence-corrected chi connectivity index (χ4v) is 3.55. The van der Waals surface area contributed by atoms with Crippen LogP contribution < -0.4 is 5.32 Å². The zero-order valence-corrected chi connectivity index (χ0v) is 15.3. The minimum atomic E-state index is -0.272. The van der Waals surface area contributed by atoms with E-state index in [4.69, 9.17) is 0 Å². The maximum absolute atomic E-state index is 13.0. The number of pyridine rings is 1. The highest BCUT2D eigenvalue weighted by atomic mass is 19.1. The predicted molar refractivity (Wildman–Crippen MR) is 104 cm³/mol. The second kappa shape index (κ2) is 7.76. The van der Waals surface area contributed by atoms with Crippen LogP contribution in [-0.4, -0.2) is 40.8 Å². The molecule has 0 bridgehead atoms. The van der Waals surface area contributed by atoms with Crippen LogP contribution in [0.2, 0.25) is 0 Å². The molecule has 0 unspecified atom stereocenters. The number of rotatable bonds is 5. The predicted octanol–water partition coefficient (Wildman–Crippen LogP) is 2.95. The molecule has 2 aromatic carbocycles. The molecule has 0 radical (unpaired) electrons. The molecule has 2 amide bonds. The average Bonchev–Trinajstić information content (AvgIpc) is 3.06. The van der Waals surface area contributed by atoms with Gasteiger partial charge in [0.25, 0.3) is 5.91 Å². The monoisotopic (exact) mass is 377 g/mol. The summed E-state index contributed by atoms with van der Waals surface area (Å²) < 4.78 is 13.0. The molecule has 3 aromatic rings. The topological polar surface area (TPSA) is 62.3 Å². The molecule has 1 aliphatic rings. The van der Waals surface area contributed by atoms with Crippen molar-refractivity contribution in [2.45, 2.75) is 18.9 Å². The number of likely N-dealkylation sites (tertiary alicyclic amines) is 1. The number of fused-ring (bicyclic) bond motifs is 1. The van der Waals surface area contributed by atoms with Gasteiger partial charge >= 0.3 is 0 Å². The third kappa shape index (κ3) is 3.86. The van der Waals surface area contributed by atoms with Gasteiger partial charge in [-0.3, -0.25) is 14.6 Å². The molecule has 1 saturated heterocycles. The van der Waals surface area contributed by atoms with Crippen LogP contribution in [0.1, 0.15) is 22.3 Å². The summed E-state index contributed by atoms with van der Waals surface area (Å²) in [5.41, 5.74) is 2.14. The van der Waals surface area contributed by atoms with Crippen molar-refractivity contribution in [2.75, 3.05) is 13.1 Å². The summed E-state index contributed by atoms with van der Waals surface area (Å²) in [6.07, 6.45) is 2.60. The van der Waals surface area contributed by atoms with Gasteiger partial charge in [-0.05, 0) is 36.2 Å². The van der Waals surface area contributed by atoms with Crippen molar-refractivity contribution in [2.24, 2.45) is 0 Å². The standard InChI is InChI=1S/C22H20FN3O2/c23-17-8-6-15(7-9-17)10-12-26-14-18(13-20(26)27)25-22(28)19-5-1-3-16-4-2-11-24-21(16)19/h1-9,11,18H,10,12-14H2,(H,25,28)/t18-/m1/s1. The summed E-state index contributed by atoms with van der Waals surface area (Å²) in [6, 6.07) is 15.3. The lowest BCUT2D eigenvalue weighted by molar-refractivity contribution is -0.127. The van der Waals surface area contributed by atoms with E-state index >= 15 is 0 Å². The normalized spacial score (nSPS) is 16.5. The van der Waals surface area contributed by atoms with E-state index in [1.807, 2.05) is 24.3 Å². The molecule has 1 aliphatic heterocycles. The van der Waals surface area contributed by atoms with E-state index in [2.05, 4.69) is 10.3 Å². The number of amides is 2. The second-order valence-electron chi connectivity index (χ2n) is 6.97. The van der Waals surface area contributed by atoms with Gasteiger partial charge in [0.05, 0.1) is 17.1 Å². The van der Waals surface area contributed by atoms with Crippen LogP contribution >= 0.6 is 0 Å². The van der Waals surface area contributed by atoms with Crippen LogP contribution in [0.25, 0.3) is 10.9 Å². The van der Waals surface area contributed by atoms with Crippen molar-refractivity contribution < 1.29 is 14.0 Å². The summed E-state index contributed by atoms with van der Waals surface area (Å²) in [4.78, 5) is 31.1. The highest BCUT2D eigenvalue weighted by Gasteiger charge is 2.30. The smallest absolute Gasteiger partial charge is 0.253 e. The van der Waals surface area contributed by atoms with E-state index in [9.17, 15) is 14.0 Å². The van der Waals surface area contributed by atoms with Crippen LogP contribution in [0, 0.1) is 5.82 Å². The summed E-state index contributed by atoms with van der Waals surface area (Å²) in [6.45, 7) is 1.02. The van der Waals surface area contributed by atoms with Gasteiger partial charge in [-0.25, -0.2) is 4.39 Å². The Morgan fingerprint density at radius 3 is 2.75 bits per heavy atom. The first-order valence-electron chi connectivity index (χ1n) is 9.27. The van der Waals surface area contributed by atoms with E-state index < -0.39 is 0 Å². The largest absolute Gasteiger partial charge is 0.347 e. The van der Waals surface area contributed by atoms with Crippen molar-refractivity contribution in [1.82, 2.24) is 15.2 Å². The molecular formula is C22H20FN3O2. The van der Waals surface area contributed by atoms with Crippen LogP contribution in [0.3, 0.4) is 0 Å². The molecule has 1 N–H and O–H groups in total. The van der Waals surface area contributed by atoms with Gasteiger partial charge in [-0.1, -0.05) is 30.3 Å². The molecule has 142 valence electrons. The molecule has 0 aliphatic carbocycles. The number of aromatic nitrogens is 1. The molecule has 4 rings (SSSR count). The van der Waals surface area contributed by atoms with Gasteiger partial charge in [0.15, 0.2) is 0 Å². The minimum Gasteiger partial charge on any atom is -0.347 e. The summed E-state index contributed by atoms with van der Waals surface area (Å²) in [5, 5.41) is 3.86. The molecule has 0 spiro atoms. The number of halogens is 1. The van der Waals surface area contributed by atoms with E-state index in [0.717, 1.165) is 10.9 Å². The Balaban J connectivity index is 1.38. The molecule has 1 aromatic heterocycles. The fraction of sp³-hybridized carbons (Fsp3) is 0.227. The van der Waals surface area contributed by atoms with Gasteiger partial charge < -0.3 is 10.2 Å². The summed E-state index contributed by atoms with van der Waals surface area (Å²) in [7, 11) is 0. The number of carbonyl (C=O) groups excluding carboxylic acids is 2. The van der Waals surface area contributed by atoms with E-state index in [1.54, 1.807) is 29.3 Å². The zero-order valence-electron chi connectivity index (χ0n) is 15.3. The molecular weight excluding hydrogens is 357 g/mol. The SMILES string of the molecule is O=C(N[C@@H]1CC(=O)N(CCc2ccc(F)cc2)C1)c1cccc2cccnc12. The first-order valence-corrected chi connectivity index (χ1v) is 9.27. The Kier molecular flexibility index (Phi) is 5.02. The Hall–Kier alpha value is -3.28. The molecule has 6 heteroatoms. The van der Waals surface area contributed by atoms with E-state index in [0.29, 0.717) is 30.6 Å². The highest BCUT2D eigenvalue weighted by molar-refractivity contribution is 6.05. The number of benzene rings is 2. The van der Waals surface area contributed by atoms with E-state index in [1.165, 1.54) is 12.1 Å². The van der Waals surface area contributed by atoms with Crippen molar-refractivity contribution in [3.05, 3.63) is 77.7 Å². The maximum Gasteiger partial charge on any atom is 0.253 e. The Labute approximate surface area is 162 Å². The van der Waals surface area contributed by atoms with Crippen LogP contribution in [-0.2, 0) is 11.2 Å². The van der Waals surface area contributed by atoms with Crippen LogP contribution in [0.5, 0.6) is 0 Å². The van der Waals surface area contributed by atoms with Crippen LogP contribution in [0.4, 0.5) is 4.39 Å². The van der Waals surface area contributed by atoms with Gasteiger partial charge in [-0.2, -0.15) is 0 Å². The van der Waals surface area contributed by atoms with Crippen molar-refractivity contribution in [3.63, 3.8) is 0 Å². The lowest BCUT2D eigenvalue weighted by Crippen LogP contribution is -2.37. The number of para-hydroxylation sites is 1. The Bertz CT molecular complexity index is 1010. The lowest BCUT2D eigenvalue weighted by atomic mass is 10.1. The number of hydrogen-bond donors (Lipinski definition) is 1. The Morgan fingerprint density at radius 1 is 1.14 bits per heavy atom. The average molecular weight is 377 g/mol. The fourth-order valence-electron chi connectivity index (χ4n) is 3.55. The molecule has 28 heavy (non-hydrogen) atoms. The minimum absolute atomic E-state index is 0.0171. The summed E-state index contributed by atoms with van der Waals surface area (Å²) in [5.74, 6) is -0.474. The molecule has 1 fully saturated rings. The lowest BCUT2D eigenvalue weighted by Gasteiger charge is -2.17. The molecule has 5 nitrogen and oxygen atoms in total. The summed E-state index contributed by atoms with van der Waals surface area (Å²) >= 11 is 0. The van der Waals surface area contributed by atoms with Crippen LogP contribution in [0.15, 0.2) is 60.8 Å². The number of nitrogens with zero attached hydrogens (tertiary/aromatic N) is 2. The van der Waals surface area contributed by atoms with Crippen molar-refractivity contribution >= 4 is 22.7 Å². The third-order valence-corrected chi connectivity index (χ3v) is 5.01. The maximum atomic E-state index is 13.0. The number of hydrogen-bond acceptors (Lipinski definition) is 3. The van der Waals surface area contributed by atoms with Gasteiger partial charge in [0.2, 0.25) is 5.91 Å². The molecule has 1 atom stereocenters. The highest BCUT2D eigenvalue weighted by Crippen LogP contribution is 2.18. The number of carbonyl (C=O) groups is 2. The van der Waals surface area contributed by atoms with Crippen molar-refractivity contribution in [1.29, 1.82) is 0 Å². The number of nitrogens with one attached hydrogen (secondary N) is 1. The second-order valence-corrected chi connectivity index (χ2v) is 6.97. The van der Waals surface area contributed by atoms with E-state index in [-0.39, 0.29) is 30.1 Å². The molecule has 0 saturated carbocycles.